The number of ether oxygens (including phenoxy) is 4. The molecular weight excluding hydrogens is 396 g/mol. The van der Waals surface area contributed by atoms with Crippen LogP contribution in [0, 0.1) is 0 Å². The SMILES string of the molecule is CCOc1ccc(NC(=O)CN2CCc3cc(OC)c(OC)cc3C2C)cc1OCC. The van der Waals surface area contributed by atoms with Crippen LogP contribution in [0.15, 0.2) is 30.3 Å². The van der Waals surface area contributed by atoms with Crippen LogP contribution >= 0.6 is 0 Å². The van der Waals surface area contributed by atoms with Gasteiger partial charge in [0.2, 0.25) is 5.91 Å². The molecule has 1 aliphatic rings. The summed E-state index contributed by atoms with van der Waals surface area (Å²) < 4.78 is 22.1. The van der Waals surface area contributed by atoms with E-state index in [2.05, 4.69) is 17.1 Å². The molecule has 3 rings (SSSR count). The summed E-state index contributed by atoms with van der Waals surface area (Å²) in [5.74, 6) is 2.68. The lowest BCUT2D eigenvalue weighted by atomic mass is 9.93. The normalized spacial score (nSPS) is 15.7. The number of carbonyl (C=O) groups is 1. The minimum absolute atomic E-state index is 0.0672. The molecule has 1 atom stereocenters. The highest BCUT2D eigenvalue weighted by Crippen LogP contribution is 2.38. The first kappa shape index (κ1) is 22.7. The van der Waals surface area contributed by atoms with Crippen molar-refractivity contribution in [2.45, 2.75) is 33.2 Å². The Bertz CT molecular complexity index is 915. The van der Waals surface area contributed by atoms with E-state index in [1.54, 1.807) is 20.3 Å². The second kappa shape index (κ2) is 10.4. The Hall–Kier alpha value is -2.93. The number of nitrogens with one attached hydrogen (secondary N) is 1. The van der Waals surface area contributed by atoms with Crippen LogP contribution in [0.25, 0.3) is 0 Å². The van der Waals surface area contributed by atoms with E-state index in [1.807, 2.05) is 38.1 Å². The molecule has 1 amide bonds. The molecule has 0 bridgehead atoms. The van der Waals surface area contributed by atoms with Gasteiger partial charge in [0.15, 0.2) is 23.0 Å². The van der Waals surface area contributed by atoms with Gasteiger partial charge < -0.3 is 24.3 Å². The molecule has 1 aliphatic heterocycles. The van der Waals surface area contributed by atoms with Crippen molar-refractivity contribution in [1.82, 2.24) is 4.90 Å². The maximum Gasteiger partial charge on any atom is 0.238 e. The third kappa shape index (κ3) is 5.22. The number of benzene rings is 2. The molecule has 1 heterocycles. The molecular formula is C24H32N2O5. The maximum absolute atomic E-state index is 12.8. The molecule has 7 nitrogen and oxygen atoms in total. The number of nitrogens with zero attached hydrogens (tertiary/aromatic N) is 1. The fraction of sp³-hybridized carbons (Fsp3) is 0.458. The minimum Gasteiger partial charge on any atom is -0.493 e. The standard InChI is InChI=1S/C24H32N2O5/c1-6-30-20-9-8-18(13-23(20)31-7-2)25-24(27)15-26-11-10-17-12-21(28-4)22(29-5)14-19(17)16(26)3/h8-9,12-14,16H,6-7,10-11,15H2,1-5H3,(H,25,27). The number of hydrogen-bond acceptors (Lipinski definition) is 6. The lowest BCUT2D eigenvalue weighted by Gasteiger charge is -2.35. The molecule has 1 N–H and O–H groups in total. The first-order chi connectivity index (χ1) is 15.0. The fourth-order valence-electron chi connectivity index (χ4n) is 3.93. The van der Waals surface area contributed by atoms with Gasteiger partial charge in [-0.05, 0) is 62.6 Å². The van der Waals surface area contributed by atoms with Crippen molar-refractivity contribution in [1.29, 1.82) is 0 Å². The number of hydrogen-bond donors (Lipinski definition) is 1. The van der Waals surface area contributed by atoms with Gasteiger partial charge in [-0.25, -0.2) is 0 Å². The van der Waals surface area contributed by atoms with Gasteiger partial charge in [-0.3, -0.25) is 9.69 Å². The van der Waals surface area contributed by atoms with E-state index in [4.69, 9.17) is 18.9 Å². The van der Waals surface area contributed by atoms with E-state index in [0.717, 1.165) is 24.3 Å². The molecule has 2 aromatic carbocycles. The predicted molar refractivity (Wildman–Crippen MR) is 121 cm³/mol. The van der Waals surface area contributed by atoms with Gasteiger partial charge >= 0.3 is 0 Å². The lowest BCUT2D eigenvalue weighted by Crippen LogP contribution is -2.39. The highest BCUT2D eigenvalue weighted by Gasteiger charge is 2.27. The van der Waals surface area contributed by atoms with Crippen LogP contribution in [0.2, 0.25) is 0 Å². The first-order valence-electron chi connectivity index (χ1n) is 10.7. The maximum atomic E-state index is 12.8. The number of carbonyl (C=O) groups excluding carboxylic acids is 1. The minimum atomic E-state index is -0.0672. The zero-order chi connectivity index (χ0) is 22.4. The van der Waals surface area contributed by atoms with Crippen molar-refractivity contribution in [2.24, 2.45) is 0 Å². The van der Waals surface area contributed by atoms with Crippen molar-refractivity contribution in [3.05, 3.63) is 41.5 Å². The molecule has 0 spiro atoms. The molecule has 31 heavy (non-hydrogen) atoms. The van der Waals surface area contributed by atoms with Gasteiger partial charge in [0.1, 0.15) is 0 Å². The Balaban J connectivity index is 1.69. The summed E-state index contributed by atoms with van der Waals surface area (Å²) >= 11 is 0. The molecule has 1 unspecified atom stereocenters. The number of rotatable bonds is 9. The third-order valence-electron chi connectivity index (χ3n) is 5.49. The van der Waals surface area contributed by atoms with Crippen molar-refractivity contribution < 1.29 is 23.7 Å². The van der Waals surface area contributed by atoms with Crippen LogP contribution in [0.4, 0.5) is 5.69 Å². The van der Waals surface area contributed by atoms with Crippen molar-refractivity contribution >= 4 is 11.6 Å². The number of methoxy groups -OCH3 is 2. The van der Waals surface area contributed by atoms with Crippen LogP contribution in [-0.4, -0.2) is 51.3 Å². The highest BCUT2D eigenvalue weighted by atomic mass is 16.5. The van der Waals surface area contributed by atoms with Crippen LogP contribution in [0.5, 0.6) is 23.0 Å². The van der Waals surface area contributed by atoms with Gasteiger partial charge in [0.05, 0.1) is 34.0 Å². The zero-order valence-corrected chi connectivity index (χ0v) is 19.0. The molecule has 0 radical (unpaired) electrons. The third-order valence-corrected chi connectivity index (χ3v) is 5.49. The molecule has 0 saturated carbocycles. The Morgan fingerprint density at radius 1 is 1.00 bits per heavy atom. The number of anilines is 1. The van der Waals surface area contributed by atoms with E-state index < -0.39 is 0 Å². The molecule has 0 fully saturated rings. The van der Waals surface area contributed by atoms with Crippen LogP contribution in [0.3, 0.4) is 0 Å². The predicted octanol–water partition coefficient (Wildman–Crippen LogP) is 4.06. The van der Waals surface area contributed by atoms with E-state index in [0.29, 0.717) is 42.7 Å². The van der Waals surface area contributed by atoms with Gasteiger partial charge in [0.25, 0.3) is 0 Å². The van der Waals surface area contributed by atoms with E-state index in [9.17, 15) is 4.79 Å². The van der Waals surface area contributed by atoms with Crippen molar-refractivity contribution in [3.63, 3.8) is 0 Å². The van der Waals surface area contributed by atoms with Gasteiger partial charge in [0, 0.05) is 24.3 Å². The average molecular weight is 429 g/mol. The zero-order valence-electron chi connectivity index (χ0n) is 19.0. The topological polar surface area (TPSA) is 69.3 Å². The largest absolute Gasteiger partial charge is 0.493 e. The first-order valence-corrected chi connectivity index (χ1v) is 10.7. The summed E-state index contributed by atoms with van der Waals surface area (Å²) in [6.45, 7) is 8.13. The van der Waals surface area contributed by atoms with Crippen LogP contribution in [-0.2, 0) is 11.2 Å². The Morgan fingerprint density at radius 3 is 2.35 bits per heavy atom. The Kier molecular flexibility index (Phi) is 7.63. The summed E-state index contributed by atoms with van der Waals surface area (Å²) in [7, 11) is 3.28. The quantitative estimate of drug-likeness (QED) is 0.650. The van der Waals surface area contributed by atoms with Gasteiger partial charge in [-0.1, -0.05) is 0 Å². The van der Waals surface area contributed by atoms with E-state index >= 15 is 0 Å². The van der Waals surface area contributed by atoms with Crippen LogP contribution < -0.4 is 24.3 Å². The summed E-state index contributed by atoms with van der Waals surface area (Å²) in [5.41, 5.74) is 3.08. The average Bonchev–Trinajstić information content (AvgIpc) is 2.77. The van der Waals surface area contributed by atoms with E-state index in [1.165, 1.54) is 5.56 Å². The van der Waals surface area contributed by atoms with Crippen molar-refractivity contribution in [3.8, 4) is 23.0 Å². The summed E-state index contributed by atoms with van der Waals surface area (Å²) in [5, 5.41) is 2.98. The van der Waals surface area contributed by atoms with E-state index in [-0.39, 0.29) is 11.9 Å². The molecule has 0 aromatic heterocycles. The summed E-state index contributed by atoms with van der Waals surface area (Å²) in [6, 6.07) is 9.61. The second-order valence-electron chi connectivity index (χ2n) is 7.38. The smallest absolute Gasteiger partial charge is 0.238 e. The molecule has 0 saturated heterocycles. The Morgan fingerprint density at radius 2 is 1.68 bits per heavy atom. The molecule has 0 aliphatic carbocycles. The summed E-state index contributed by atoms with van der Waals surface area (Å²) in [6.07, 6.45) is 0.852. The van der Waals surface area contributed by atoms with Gasteiger partial charge in [-0.2, -0.15) is 0 Å². The molecule has 168 valence electrons. The van der Waals surface area contributed by atoms with Crippen LogP contribution in [0.1, 0.15) is 37.9 Å². The lowest BCUT2D eigenvalue weighted by molar-refractivity contribution is -0.117. The fourth-order valence-corrected chi connectivity index (χ4v) is 3.93. The number of amides is 1. The second-order valence-corrected chi connectivity index (χ2v) is 7.38. The molecule has 2 aromatic rings. The highest BCUT2D eigenvalue weighted by molar-refractivity contribution is 5.92. The summed E-state index contributed by atoms with van der Waals surface area (Å²) in [4.78, 5) is 14.9. The van der Waals surface area contributed by atoms with Crippen molar-refractivity contribution in [2.75, 3.05) is 45.8 Å². The monoisotopic (exact) mass is 428 g/mol. The van der Waals surface area contributed by atoms with Gasteiger partial charge in [-0.15, -0.1) is 0 Å². The number of fused-ring (bicyclic) bond motifs is 1. The Labute approximate surface area is 184 Å². The molecule has 7 heteroatoms.